The van der Waals surface area contributed by atoms with Crippen molar-refractivity contribution in [2.45, 2.75) is 39.2 Å². The number of hydrogen-bond acceptors (Lipinski definition) is 2. The average molecular weight is 172 g/mol. The zero-order valence-electron chi connectivity index (χ0n) is 8.34. The normalized spacial score (nSPS) is 12.7. The lowest BCUT2D eigenvalue weighted by Gasteiger charge is -2.19. The Bertz CT molecular complexity index is 136. The largest absolute Gasteiger partial charge is 0.344 e. The quantitative estimate of drug-likeness (QED) is 0.672. The van der Waals surface area contributed by atoms with E-state index in [-0.39, 0.29) is 11.9 Å². The Morgan fingerprint density at radius 2 is 2.08 bits per heavy atom. The van der Waals surface area contributed by atoms with Crippen molar-refractivity contribution >= 4 is 5.91 Å². The number of nitrogens with two attached hydrogens (primary N) is 1. The molecular weight excluding hydrogens is 152 g/mol. The summed E-state index contributed by atoms with van der Waals surface area (Å²) in [6.45, 7) is 4.86. The first-order valence-electron chi connectivity index (χ1n) is 4.64. The summed E-state index contributed by atoms with van der Waals surface area (Å²) >= 11 is 0. The Hall–Kier alpha value is -0.570. The van der Waals surface area contributed by atoms with Crippen LogP contribution in [0.25, 0.3) is 0 Å². The fourth-order valence-corrected chi connectivity index (χ4v) is 0.963. The minimum atomic E-state index is -0.313. The van der Waals surface area contributed by atoms with Crippen LogP contribution in [0.2, 0.25) is 0 Å². The summed E-state index contributed by atoms with van der Waals surface area (Å²) in [4.78, 5) is 13.1. The van der Waals surface area contributed by atoms with Gasteiger partial charge in [-0.1, -0.05) is 20.3 Å². The van der Waals surface area contributed by atoms with E-state index in [1.54, 1.807) is 4.90 Å². The second-order valence-corrected chi connectivity index (χ2v) is 3.13. The molecule has 0 fully saturated rings. The molecule has 0 aromatic heterocycles. The smallest absolute Gasteiger partial charge is 0.239 e. The highest BCUT2D eigenvalue weighted by molar-refractivity contribution is 5.81. The van der Waals surface area contributed by atoms with E-state index in [0.717, 1.165) is 25.8 Å². The highest BCUT2D eigenvalue weighted by Gasteiger charge is 2.14. The lowest BCUT2D eigenvalue weighted by molar-refractivity contribution is -0.131. The van der Waals surface area contributed by atoms with Crippen LogP contribution in [-0.2, 0) is 4.79 Å². The first kappa shape index (κ1) is 11.4. The Morgan fingerprint density at radius 1 is 1.50 bits per heavy atom. The summed E-state index contributed by atoms with van der Waals surface area (Å²) < 4.78 is 0. The number of likely N-dealkylation sites (N-methyl/N-ethyl adjacent to an activating group) is 1. The molecule has 0 aliphatic heterocycles. The lowest BCUT2D eigenvalue weighted by Crippen LogP contribution is -2.41. The number of carbonyl (C=O) groups excluding carboxylic acids is 1. The molecule has 1 atom stereocenters. The molecule has 1 unspecified atom stereocenters. The Kier molecular flexibility index (Phi) is 5.72. The van der Waals surface area contributed by atoms with Gasteiger partial charge in [0.25, 0.3) is 0 Å². The van der Waals surface area contributed by atoms with E-state index in [0.29, 0.717) is 0 Å². The third-order valence-electron chi connectivity index (χ3n) is 1.98. The van der Waals surface area contributed by atoms with Crippen LogP contribution in [0.15, 0.2) is 0 Å². The number of nitrogens with zero attached hydrogens (tertiary/aromatic N) is 1. The van der Waals surface area contributed by atoms with Gasteiger partial charge in [0.05, 0.1) is 6.04 Å². The van der Waals surface area contributed by atoms with Gasteiger partial charge in [-0.3, -0.25) is 4.79 Å². The van der Waals surface area contributed by atoms with Gasteiger partial charge in [0.2, 0.25) is 5.91 Å². The van der Waals surface area contributed by atoms with Crippen molar-refractivity contribution in [1.82, 2.24) is 4.90 Å². The van der Waals surface area contributed by atoms with Gasteiger partial charge in [0.15, 0.2) is 0 Å². The highest BCUT2D eigenvalue weighted by Crippen LogP contribution is 1.97. The van der Waals surface area contributed by atoms with Crippen LogP contribution in [0.1, 0.15) is 33.1 Å². The maximum atomic E-state index is 11.4. The minimum absolute atomic E-state index is 0.0611. The van der Waals surface area contributed by atoms with Gasteiger partial charge in [-0.2, -0.15) is 0 Å². The van der Waals surface area contributed by atoms with Crippen molar-refractivity contribution in [3.05, 3.63) is 0 Å². The maximum absolute atomic E-state index is 11.4. The SMILES string of the molecule is CCCCN(C)C(=O)C(N)CC. The highest BCUT2D eigenvalue weighted by atomic mass is 16.2. The van der Waals surface area contributed by atoms with E-state index in [1.807, 2.05) is 14.0 Å². The Labute approximate surface area is 74.9 Å². The molecule has 0 aliphatic carbocycles. The van der Waals surface area contributed by atoms with E-state index in [2.05, 4.69) is 6.92 Å². The third kappa shape index (κ3) is 3.72. The van der Waals surface area contributed by atoms with E-state index in [9.17, 15) is 4.79 Å². The summed E-state index contributed by atoms with van der Waals surface area (Å²) in [7, 11) is 1.81. The number of unbranched alkanes of at least 4 members (excludes halogenated alkanes) is 1. The van der Waals surface area contributed by atoms with Crippen molar-refractivity contribution < 1.29 is 4.79 Å². The van der Waals surface area contributed by atoms with Crippen LogP contribution in [0.3, 0.4) is 0 Å². The molecule has 2 N–H and O–H groups in total. The molecule has 3 nitrogen and oxygen atoms in total. The third-order valence-corrected chi connectivity index (χ3v) is 1.98. The maximum Gasteiger partial charge on any atom is 0.239 e. The van der Waals surface area contributed by atoms with Crippen LogP contribution in [0, 0.1) is 0 Å². The number of hydrogen-bond donors (Lipinski definition) is 1. The van der Waals surface area contributed by atoms with Gasteiger partial charge < -0.3 is 10.6 Å². The molecule has 72 valence electrons. The first-order valence-corrected chi connectivity index (χ1v) is 4.64. The average Bonchev–Trinajstić information content (AvgIpc) is 2.11. The molecule has 0 heterocycles. The summed E-state index contributed by atoms with van der Waals surface area (Å²) in [5, 5.41) is 0. The molecule has 0 aliphatic rings. The predicted molar refractivity (Wildman–Crippen MR) is 50.8 cm³/mol. The van der Waals surface area contributed by atoms with Gasteiger partial charge in [-0.05, 0) is 12.8 Å². The summed E-state index contributed by atoms with van der Waals surface area (Å²) in [6.07, 6.45) is 2.88. The lowest BCUT2D eigenvalue weighted by atomic mass is 10.2. The molecule has 0 rings (SSSR count). The van der Waals surface area contributed by atoms with Crippen molar-refractivity contribution in [3.8, 4) is 0 Å². The molecule has 0 bridgehead atoms. The van der Waals surface area contributed by atoms with Gasteiger partial charge in [-0.15, -0.1) is 0 Å². The van der Waals surface area contributed by atoms with Crippen LogP contribution >= 0.6 is 0 Å². The van der Waals surface area contributed by atoms with E-state index >= 15 is 0 Å². The molecule has 0 aromatic rings. The summed E-state index contributed by atoms with van der Waals surface area (Å²) in [5.74, 6) is 0.0611. The van der Waals surface area contributed by atoms with Crippen molar-refractivity contribution in [1.29, 1.82) is 0 Å². The zero-order valence-corrected chi connectivity index (χ0v) is 8.34. The van der Waals surface area contributed by atoms with Gasteiger partial charge in [0.1, 0.15) is 0 Å². The molecule has 3 heteroatoms. The van der Waals surface area contributed by atoms with Crippen molar-refractivity contribution in [3.63, 3.8) is 0 Å². The molecule has 0 radical (unpaired) electrons. The number of carbonyl (C=O) groups is 1. The minimum Gasteiger partial charge on any atom is -0.344 e. The van der Waals surface area contributed by atoms with Crippen LogP contribution in [0.5, 0.6) is 0 Å². The molecule has 1 amide bonds. The Balaban J connectivity index is 3.75. The van der Waals surface area contributed by atoms with E-state index in [1.165, 1.54) is 0 Å². The molecular formula is C9H20N2O. The zero-order chi connectivity index (χ0) is 9.56. The predicted octanol–water partition coefficient (Wildman–Crippen LogP) is 0.982. The van der Waals surface area contributed by atoms with E-state index < -0.39 is 0 Å². The fraction of sp³-hybridized carbons (Fsp3) is 0.889. The fourth-order valence-electron chi connectivity index (χ4n) is 0.963. The summed E-state index contributed by atoms with van der Waals surface area (Å²) in [6, 6.07) is -0.313. The van der Waals surface area contributed by atoms with Crippen molar-refractivity contribution in [2.24, 2.45) is 5.73 Å². The van der Waals surface area contributed by atoms with Gasteiger partial charge >= 0.3 is 0 Å². The molecule has 0 spiro atoms. The van der Waals surface area contributed by atoms with Crippen LogP contribution < -0.4 is 5.73 Å². The number of amides is 1. The van der Waals surface area contributed by atoms with E-state index in [4.69, 9.17) is 5.73 Å². The van der Waals surface area contributed by atoms with Crippen molar-refractivity contribution in [2.75, 3.05) is 13.6 Å². The molecule has 12 heavy (non-hydrogen) atoms. The summed E-state index contributed by atoms with van der Waals surface area (Å²) in [5.41, 5.74) is 5.60. The second kappa shape index (κ2) is 6.00. The first-order chi connectivity index (χ1) is 5.63. The number of rotatable bonds is 5. The standard InChI is InChI=1S/C9H20N2O/c1-4-6-7-11(3)9(12)8(10)5-2/h8H,4-7,10H2,1-3H3. The topological polar surface area (TPSA) is 46.3 Å². The van der Waals surface area contributed by atoms with Gasteiger partial charge in [-0.25, -0.2) is 0 Å². The monoisotopic (exact) mass is 172 g/mol. The molecule has 0 aromatic carbocycles. The van der Waals surface area contributed by atoms with Gasteiger partial charge in [0, 0.05) is 13.6 Å². The second-order valence-electron chi connectivity index (χ2n) is 3.13. The Morgan fingerprint density at radius 3 is 2.50 bits per heavy atom. The molecule has 0 saturated carbocycles. The molecule has 0 saturated heterocycles. The van der Waals surface area contributed by atoms with Crippen LogP contribution in [-0.4, -0.2) is 30.4 Å². The van der Waals surface area contributed by atoms with Crippen LogP contribution in [0.4, 0.5) is 0 Å².